The second kappa shape index (κ2) is 10.2. The molecule has 184 valence electrons. The summed E-state index contributed by atoms with van der Waals surface area (Å²) in [7, 11) is -0.846. The first-order chi connectivity index (χ1) is 16.3. The summed E-state index contributed by atoms with van der Waals surface area (Å²) in [6.07, 6.45) is 1.25. The Morgan fingerprint density at radius 3 is 2.35 bits per heavy atom. The summed E-state index contributed by atoms with van der Waals surface area (Å²) < 4.78 is 52.5. The van der Waals surface area contributed by atoms with Gasteiger partial charge in [0, 0.05) is 45.3 Å². The number of halogens is 1. The molecule has 34 heavy (non-hydrogen) atoms. The lowest BCUT2D eigenvalue weighted by molar-refractivity contribution is -0.137. The number of sulfonamides is 1. The number of nitrogens with zero attached hydrogens (tertiary/aromatic N) is 3. The molecule has 0 spiro atoms. The van der Waals surface area contributed by atoms with E-state index in [-0.39, 0.29) is 23.2 Å². The van der Waals surface area contributed by atoms with E-state index in [1.807, 2.05) is 4.90 Å². The monoisotopic (exact) mass is 491 g/mol. The Morgan fingerprint density at radius 2 is 1.68 bits per heavy atom. The SMILES string of the molecule is COc1ccc(S(=O)(=O)N2CCC[C@@H](C(=O)N3CCN(c4ccccc4F)CC3)C2)cc1OC. The van der Waals surface area contributed by atoms with Gasteiger partial charge in [0.1, 0.15) is 5.82 Å². The van der Waals surface area contributed by atoms with Gasteiger partial charge in [-0.05, 0) is 37.1 Å². The predicted octanol–water partition coefficient (Wildman–Crippen LogP) is 2.59. The number of carbonyl (C=O) groups is 1. The van der Waals surface area contributed by atoms with E-state index in [0.717, 1.165) is 0 Å². The van der Waals surface area contributed by atoms with Crippen molar-refractivity contribution in [2.24, 2.45) is 5.92 Å². The maximum Gasteiger partial charge on any atom is 0.243 e. The van der Waals surface area contributed by atoms with Crippen molar-refractivity contribution in [3.05, 3.63) is 48.3 Å². The molecule has 2 aromatic carbocycles. The maximum atomic E-state index is 14.1. The van der Waals surface area contributed by atoms with Gasteiger partial charge in [-0.25, -0.2) is 12.8 Å². The smallest absolute Gasteiger partial charge is 0.243 e. The fraction of sp³-hybridized carbons (Fsp3) is 0.458. The van der Waals surface area contributed by atoms with E-state index in [2.05, 4.69) is 0 Å². The summed E-state index contributed by atoms with van der Waals surface area (Å²) in [5.74, 6) is 0.0678. The lowest BCUT2D eigenvalue weighted by atomic mass is 9.97. The number of ether oxygens (including phenoxy) is 2. The number of para-hydroxylation sites is 1. The van der Waals surface area contributed by atoms with Gasteiger partial charge < -0.3 is 19.3 Å². The van der Waals surface area contributed by atoms with Crippen LogP contribution in [0.25, 0.3) is 0 Å². The van der Waals surface area contributed by atoms with Gasteiger partial charge >= 0.3 is 0 Å². The molecule has 2 aliphatic rings. The van der Waals surface area contributed by atoms with Crippen LogP contribution in [-0.2, 0) is 14.8 Å². The molecule has 2 aromatic rings. The fourth-order valence-electron chi connectivity index (χ4n) is 4.62. The largest absolute Gasteiger partial charge is 0.493 e. The van der Waals surface area contributed by atoms with Gasteiger partial charge in [0.05, 0.1) is 30.7 Å². The highest BCUT2D eigenvalue weighted by atomic mass is 32.2. The minimum Gasteiger partial charge on any atom is -0.493 e. The van der Waals surface area contributed by atoms with Crippen LogP contribution in [0, 0.1) is 11.7 Å². The summed E-state index contributed by atoms with van der Waals surface area (Å²) in [6.45, 7) is 2.53. The number of rotatable bonds is 6. The molecule has 0 N–H and O–H groups in total. The van der Waals surface area contributed by atoms with Gasteiger partial charge in [0.15, 0.2) is 11.5 Å². The average molecular weight is 492 g/mol. The predicted molar refractivity (Wildman–Crippen MR) is 126 cm³/mol. The Hall–Kier alpha value is -2.85. The van der Waals surface area contributed by atoms with Crippen LogP contribution >= 0.6 is 0 Å². The van der Waals surface area contributed by atoms with Gasteiger partial charge in [-0.1, -0.05) is 12.1 Å². The van der Waals surface area contributed by atoms with Crippen LogP contribution in [0.15, 0.2) is 47.4 Å². The lowest BCUT2D eigenvalue weighted by Crippen LogP contribution is -2.53. The first-order valence-electron chi connectivity index (χ1n) is 11.4. The Morgan fingerprint density at radius 1 is 0.971 bits per heavy atom. The van der Waals surface area contributed by atoms with E-state index in [1.54, 1.807) is 29.2 Å². The number of piperidine rings is 1. The molecule has 2 saturated heterocycles. The Kier molecular flexibility index (Phi) is 7.27. The van der Waals surface area contributed by atoms with E-state index >= 15 is 0 Å². The van der Waals surface area contributed by atoms with Crippen LogP contribution in [0.2, 0.25) is 0 Å². The molecule has 0 unspecified atom stereocenters. The topological polar surface area (TPSA) is 79.4 Å². The maximum absolute atomic E-state index is 14.1. The molecule has 2 aliphatic heterocycles. The molecule has 4 rings (SSSR count). The van der Waals surface area contributed by atoms with Gasteiger partial charge in [0.2, 0.25) is 15.9 Å². The van der Waals surface area contributed by atoms with Gasteiger partial charge in [0.25, 0.3) is 0 Å². The van der Waals surface area contributed by atoms with Crippen molar-refractivity contribution >= 4 is 21.6 Å². The van der Waals surface area contributed by atoms with Crippen LogP contribution in [0.3, 0.4) is 0 Å². The zero-order valence-electron chi connectivity index (χ0n) is 19.4. The summed E-state index contributed by atoms with van der Waals surface area (Å²) in [4.78, 5) is 17.1. The van der Waals surface area contributed by atoms with Crippen LogP contribution in [0.5, 0.6) is 11.5 Å². The molecule has 0 bridgehead atoms. The fourth-order valence-corrected chi connectivity index (χ4v) is 6.16. The highest BCUT2D eigenvalue weighted by Gasteiger charge is 2.36. The molecular weight excluding hydrogens is 461 g/mol. The van der Waals surface area contributed by atoms with E-state index in [9.17, 15) is 17.6 Å². The highest BCUT2D eigenvalue weighted by molar-refractivity contribution is 7.89. The van der Waals surface area contributed by atoms with Crippen molar-refractivity contribution in [2.75, 3.05) is 58.4 Å². The number of methoxy groups -OCH3 is 2. The molecule has 2 fully saturated rings. The molecule has 0 radical (unpaired) electrons. The number of amides is 1. The van der Waals surface area contributed by atoms with Crippen molar-refractivity contribution in [3.8, 4) is 11.5 Å². The number of hydrogen-bond acceptors (Lipinski definition) is 6. The summed E-state index contributed by atoms with van der Waals surface area (Å²) in [5.41, 5.74) is 0.541. The van der Waals surface area contributed by atoms with E-state index in [0.29, 0.717) is 62.8 Å². The zero-order chi connectivity index (χ0) is 24.3. The van der Waals surface area contributed by atoms with Crippen molar-refractivity contribution in [2.45, 2.75) is 17.7 Å². The van der Waals surface area contributed by atoms with E-state index < -0.39 is 15.9 Å². The third kappa shape index (κ3) is 4.83. The van der Waals surface area contributed by atoms with Crippen LogP contribution < -0.4 is 14.4 Å². The molecule has 0 aromatic heterocycles. The summed E-state index contributed by atoms with van der Waals surface area (Å²) in [6, 6.07) is 11.1. The Balaban J connectivity index is 1.42. The number of carbonyl (C=O) groups excluding carboxylic acids is 1. The van der Waals surface area contributed by atoms with E-state index in [1.165, 1.54) is 36.7 Å². The molecule has 0 saturated carbocycles. The van der Waals surface area contributed by atoms with Crippen molar-refractivity contribution < 1.29 is 27.1 Å². The molecule has 2 heterocycles. The molecule has 10 heteroatoms. The van der Waals surface area contributed by atoms with Gasteiger partial charge in [-0.3, -0.25) is 4.79 Å². The zero-order valence-corrected chi connectivity index (χ0v) is 20.3. The first-order valence-corrected chi connectivity index (χ1v) is 12.8. The molecule has 0 aliphatic carbocycles. The summed E-state index contributed by atoms with van der Waals surface area (Å²) in [5, 5.41) is 0. The van der Waals surface area contributed by atoms with Gasteiger partial charge in [-0.2, -0.15) is 4.31 Å². The average Bonchev–Trinajstić information content (AvgIpc) is 2.88. The minimum atomic E-state index is -3.79. The van der Waals surface area contributed by atoms with E-state index in [4.69, 9.17) is 9.47 Å². The molecule has 1 amide bonds. The number of piperazine rings is 1. The van der Waals surface area contributed by atoms with Crippen LogP contribution in [0.4, 0.5) is 10.1 Å². The molecule has 1 atom stereocenters. The van der Waals surface area contributed by atoms with Crippen molar-refractivity contribution in [1.29, 1.82) is 0 Å². The number of hydrogen-bond donors (Lipinski definition) is 0. The second-order valence-corrected chi connectivity index (χ2v) is 10.4. The second-order valence-electron chi connectivity index (χ2n) is 8.48. The standard InChI is InChI=1S/C24H30FN3O5S/c1-32-22-10-9-19(16-23(22)33-2)34(30,31)28-11-5-6-18(17-28)24(29)27-14-12-26(13-15-27)21-8-4-3-7-20(21)25/h3-4,7-10,16,18H,5-6,11-15,17H2,1-2H3/t18-/m1/s1. The number of benzene rings is 2. The third-order valence-electron chi connectivity index (χ3n) is 6.51. The molecule has 8 nitrogen and oxygen atoms in total. The highest BCUT2D eigenvalue weighted by Crippen LogP contribution is 2.32. The Labute approximate surface area is 199 Å². The van der Waals surface area contributed by atoms with Gasteiger partial charge in [-0.15, -0.1) is 0 Å². The van der Waals surface area contributed by atoms with Crippen LogP contribution in [0.1, 0.15) is 12.8 Å². The quantitative estimate of drug-likeness (QED) is 0.618. The Bertz CT molecular complexity index is 1140. The lowest BCUT2D eigenvalue weighted by Gasteiger charge is -2.39. The van der Waals surface area contributed by atoms with Crippen molar-refractivity contribution in [3.63, 3.8) is 0 Å². The summed E-state index contributed by atoms with van der Waals surface area (Å²) >= 11 is 0. The third-order valence-corrected chi connectivity index (χ3v) is 8.37. The first kappa shape index (κ1) is 24.3. The molecular formula is C24H30FN3O5S. The van der Waals surface area contributed by atoms with Crippen LogP contribution in [-0.4, -0.2) is 77.0 Å². The normalized spacial score (nSPS) is 19.7. The van der Waals surface area contributed by atoms with Crippen molar-refractivity contribution in [1.82, 2.24) is 9.21 Å². The minimum absolute atomic E-state index is 0.0413. The number of anilines is 1.